The molecular weight excluding hydrogens is 296 g/mol. The van der Waals surface area contributed by atoms with Crippen LogP contribution in [0.25, 0.3) is 0 Å². The number of hydrogen-bond acceptors (Lipinski definition) is 2. The van der Waals surface area contributed by atoms with E-state index < -0.39 is 17.5 Å². The monoisotopic (exact) mass is 305 g/mol. The molecule has 0 spiro atoms. The minimum absolute atomic E-state index is 0.0671. The van der Waals surface area contributed by atoms with Crippen LogP contribution in [0.15, 0.2) is 16.6 Å². The van der Waals surface area contributed by atoms with E-state index >= 15 is 0 Å². The van der Waals surface area contributed by atoms with Crippen molar-refractivity contribution in [1.82, 2.24) is 5.32 Å². The first-order valence-corrected chi connectivity index (χ1v) is 5.90. The van der Waals surface area contributed by atoms with Crippen molar-refractivity contribution in [1.29, 1.82) is 0 Å². The van der Waals surface area contributed by atoms with Gasteiger partial charge in [-0.05, 0) is 34.5 Å². The molecule has 17 heavy (non-hydrogen) atoms. The van der Waals surface area contributed by atoms with Gasteiger partial charge in [-0.15, -0.1) is 0 Å². The lowest BCUT2D eigenvalue weighted by Crippen LogP contribution is -2.35. The largest absolute Gasteiger partial charge is 0.379 e. The van der Waals surface area contributed by atoms with Gasteiger partial charge in [-0.3, -0.25) is 4.79 Å². The maximum Gasteiger partial charge on any atom is 0.252 e. The summed E-state index contributed by atoms with van der Waals surface area (Å²) in [6, 6.07) is 1.75. The fourth-order valence-electron chi connectivity index (χ4n) is 1.61. The average Bonchev–Trinajstić information content (AvgIpc) is 2.76. The molecule has 1 atom stereocenters. The van der Waals surface area contributed by atoms with E-state index in [-0.39, 0.29) is 16.1 Å². The highest BCUT2D eigenvalue weighted by molar-refractivity contribution is 9.10. The van der Waals surface area contributed by atoms with Gasteiger partial charge < -0.3 is 10.1 Å². The first kappa shape index (κ1) is 12.4. The van der Waals surface area contributed by atoms with E-state index in [4.69, 9.17) is 4.74 Å². The summed E-state index contributed by atoms with van der Waals surface area (Å²) < 4.78 is 31.2. The van der Waals surface area contributed by atoms with E-state index in [9.17, 15) is 13.6 Å². The Morgan fingerprint density at radius 3 is 2.76 bits per heavy atom. The third-order valence-corrected chi connectivity index (χ3v) is 3.18. The first-order chi connectivity index (χ1) is 8.08. The molecule has 0 aliphatic carbocycles. The molecule has 6 heteroatoms. The highest BCUT2D eigenvalue weighted by Crippen LogP contribution is 2.21. The molecule has 1 aliphatic heterocycles. The highest BCUT2D eigenvalue weighted by atomic mass is 79.9. The second-order valence-corrected chi connectivity index (χ2v) is 4.63. The Morgan fingerprint density at radius 1 is 1.41 bits per heavy atom. The van der Waals surface area contributed by atoms with Crippen molar-refractivity contribution in [3.8, 4) is 0 Å². The maximum atomic E-state index is 13.0. The lowest BCUT2D eigenvalue weighted by atomic mass is 10.1. The van der Waals surface area contributed by atoms with Gasteiger partial charge in [-0.25, -0.2) is 8.78 Å². The number of benzene rings is 1. The molecule has 1 aromatic carbocycles. The molecule has 0 radical (unpaired) electrons. The highest BCUT2D eigenvalue weighted by Gasteiger charge is 2.21. The smallest absolute Gasteiger partial charge is 0.252 e. The van der Waals surface area contributed by atoms with Gasteiger partial charge in [-0.2, -0.15) is 0 Å². The van der Waals surface area contributed by atoms with Crippen LogP contribution in [0.2, 0.25) is 0 Å². The minimum atomic E-state index is -1.04. The molecule has 1 aromatic rings. The summed E-state index contributed by atoms with van der Waals surface area (Å²) in [4.78, 5) is 11.8. The molecule has 1 amide bonds. The number of amides is 1. The van der Waals surface area contributed by atoms with Crippen molar-refractivity contribution in [2.45, 2.75) is 12.5 Å². The zero-order valence-corrected chi connectivity index (χ0v) is 10.4. The molecule has 3 nitrogen and oxygen atoms in total. The molecule has 0 saturated carbocycles. The van der Waals surface area contributed by atoms with Gasteiger partial charge in [0.1, 0.15) is 0 Å². The molecule has 0 bridgehead atoms. The molecule has 2 rings (SSSR count). The molecule has 1 aliphatic rings. The van der Waals surface area contributed by atoms with E-state index in [1.807, 2.05) is 0 Å². The number of ether oxygens (including phenoxy) is 1. The Kier molecular flexibility index (Phi) is 3.73. The van der Waals surface area contributed by atoms with E-state index in [1.165, 1.54) is 0 Å². The predicted octanol–water partition coefficient (Wildman–Crippen LogP) is 2.25. The molecule has 1 N–H and O–H groups in total. The van der Waals surface area contributed by atoms with Gasteiger partial charge in [0.05, 0.1) is 18.2 Å². The molecule has 92 valence electrons. The normalized spacial score (nSPS) is 19.4. The summed E-state index contributed by atoms with van der Waals surface area (Å²) in [6.07, 6.45) is 0.729. The van der Waals surface area contributed by atoms with Crippen molar-refractivity contribution in [3.05, 3.63) is 33.8 Å². The van der Waals surface area contributed by atoms with Crippen molar-refractivity contribution < 1.29 is 18.3 Å². The molecule has 1 saturated heterocycles. The Balaban J connectivity index is 2.15. The van der Waals surface area contributed by atoms with Crippen LogP contribution in [0.3, 0.4) is 0 Å². The first-order valence-electron chi connectivity index (χ1n) is 5.11. The number of carbonyl (C=O) groups is 1. The van der Waals surface area contributed by atoms with Crippen molar-refractivity contribution in [2.24, 2.45) is 0 Å². The maximum absolute atomic E-state index is 13.0. The topological polar surface area (TPSA) is 38.3 Å². The molecule has 1 heterocycles. The van der Waals surface area contributed by atoms with Crippen LogP contribution in [0, 0.1) is 11.6 Å². The molecule has 1 fully saturated rings. The van der Waals surface area contributed by atoms with Crippen LogP contribution in [-0.4, -0.2) is 25.2 Å². The minimum Gasteiger partial charge on any atom is -0.379 e. The third-order valence-electron chi connectivity index (χ3n) is 2.52. The average molecular weight is 306 g/mol. The summed E-state index contributed by atoms with van der Waals surface area (Å²) in [6.45, 7) is 1.05. The quantitative estimate of drug-likeness (QED) is 0.851. The van der Waals surface area contributed by atoms with E-state index in [0.29, 0.717) is 13.2 Å². The Labute approximate surface area is 105 Å². The summed E-state index contributed by atoms with van der Waals surface area (Å²) in [5.41, 5.74) is 0.0794. The predicted molar refractivity (Wildman–Crippen MR) is 60.7 cm³/mol. The van der Waals surface area contributed by atoms with Crippen LogP contribution >= 0.6 is 15.9 Å². The number of halogens is 3. The van der Waals surface area contributed by atoms with Gasteiger partial charge in [0.15, 0.2) is 11.6 Å². The summed E-state index contributed by atoms with van der Waals surface area (Å²) in [7, 11) is 0. The summed E-state index contributed by atoms with van der Waals surface area (Å²) in [5.74, 6) is -2.47. The van der Waals surface area contributed by atoms with E-state index in [1.54, 1.807) is 0 Å². The molecular formula is C11H10BrF2NO2. The molecule has 0 aromatic heterocycles. The second-order valence-electron chi connectivity index (χ2n) is 3.78. The zero-order valence-electron chi connectivity index (χ0n) is 8.80. The zero-order chi connectivity index (χ0) is 12.4. The fourth-order valence-corrected chi connectivity index (χ4v) is 2.10. The van der Waals surface area contributed by atoms with Gasteiger partial charge in [0.25, 0.3) is 5.91 Å². The van der Waals surface area contributed by atoms with Crippen molar-refractivity contribution in [3.63, 3.8) is 0 Å². The van der Waals surface area contributed by atoms with Gasteiger partial charge >= 0.3 is 0 Å². The standard InChI is InChI=1S/C11H10BrF2NO2/c12-8-4-10(14)9(13)3-7(8)11(16)15-6-1-2-17-5-6/h3-4,6H,1-2,5H2,(H,15,16). The van der Waals surface area contributed by atoms with Gasteiger partial charge in [-0.1, -0.05) is 0 Å². The lowest BCUT2D eigenvalue weighted by molar-refractivity contribution is 0.0928. The van der Waals surface area contributed by atoms with Crippen LogP contribution < -0.4 is 5.32 Å². The Bertz CT molecular complexity index is 447. The van der Waals surface area contributed by atoms with Crippen molar-refractivity contribution in [2.75, 3.05) is 13.2 Å². The summed E-state index contributed by atoms with van der Waals surface area (Å²) >= 11 is 3.03. The van der Waals surface area contributed by atoms with Crippen LogP contribution in [0.1, 0.15) is 16.8 Å². The lowest BCUT2D eigenvalue weighted by Gasteiger charge is -2.11. The molecule has 1 unspecified atom stereocenters. The number of rotatable bonds is 2. The van der Waals surface area contributed by atoms with Gasteiger partial charge in [0.2, 0.25) is 0 Å². The SMILES string of the molecule is O=C(NC1CCOC1)c1cc(F)c(F)cc1Br. The number of hydrogen-bond donors (Lipinski definition) is 1. The van der Waals surface area contributed by atoms with Gasteiger partial charge in [0, 0.05) is 11.1 Å². The summed E-state index contributed by atoms with van der Waals surface area (Å²) in [5, 5.41) is 2.70. The number of carbonyl (C=O) groups excluding carboxylic acids is 1. The Morgan fingerprint density at radius 2 is 2.12 bits per heavy atom. The Hall–Kier alpha value is -1.01. The van der Waals surface area contributed by atoms with Crippen LogP contribution in [0.4, 0.5) is 8.78 Å². The third kappa shape index (κ3) is 2.81. The fraction of sp³-hybridized carbons (Fsp3) is 0.364. The van der Waals surface area contributed by atoms with Crippen molar-refractivity contribution >= 4 is 21.8 Å². The van der Waals surface area contributed by atoms with E-state index in [0.717, 1.165) is 18.6 Å². The van der Waals surface area contributed by atoms with Crippen LogP contribution in [-0.2, 0) is 4.74 Å². The second kappa shape index (κ2) is 5.10. The van der Waals surface area contributed by atoms with Crippen LogP contribution in [0.5, 0.6) is 0 Å². The number of nitrogens with one attached hydrogen (secondary N) is 1. The van der Waals surface area contributed by atoms with E-state index in [2.05, 4.69) is 21.2 Å².